The van der Waals surface area contributed by atoms with Gasteiger partial charge in [0.15, 0.2) is 0 Å². The lowest BCUT2D eigenvalue weighted by molar-refractivity contribution is 0.666. The lowest BCUT2D eigenvalue weighted by atomic mass is 9.81. The summed E-state index contributed by atoms with van der Waals surface area (Å²) in [4.78, 5) is 4.79. The summed E-state index contributed by atoms with van der Waals surface area (Å²) in [6.45, 7) is 4.70. The number of imidazole rings is 1. The molecule has 0 bridgehead atoms. The van der Waals surface area contributed by atoms with Gasteiger partial charge in [0.1, 0.15) is 5.65 Å². The molecule has 3 heterocycles. The molecule has 1 aliphatic carbocycles. The van der Waals surface area contributed by atoms with E-state index in [1.54, 1.807) is 0 Å². The zero-order valence-electron chi connectivity index (χ0n) is 18.7. The molecule has 0 saturated heterocycles. The van der Waals surface area contributed by atoms with Crippen molar-refractivity contribution in [2.24, 2.45) is 0 Å². The number of hydrogen-bond donors (Lipinski definition) is 0. The molecule has 0 aliphatic heterocycles. The average Bonchev–Trinajstić information content (AvgIpc) is 3.50. The van der Waals surface area contributed by atoms with E-state index in [9.17, 15) is 0 Å². The Labute approximate surface area is 192 Å². The monoisotopic (exact) mass is 425 g/mol. The first-order valence-corrected chi connectivity index (χ1v) is 11.4. The fourth-order valence-electron chi connectivity index (χ4n) is 5.62. The maximum atomic E-state index is 4.79. The van der Waals surface area contributed by atoms with Crippen molar-refractivity contribution in [3.63, 3.8) is 0 Å². The van der Waals surface area contributed by atoms with Crippen LogP contribution in [0.5, 0.6) is 0 Å². The molecule has 6 aromatic rings. The van der Waals surface area contributed by atoms with Gasteiger partial charge in [-0.1, -0.05) is 74.5 Å². The largest absolute Gasteiger partial charge is 0.309 e. The van der Waals surface area contributed by atoms with E-state index in [0.717, 1.165) is 16.9 Å². The number of pyridine rings is 1. The number of aromatic nitrogens is 3. The smallest absolute Gasteiger partial charge is 0.137 e. The topological polar surface area (TPSA) is 22.2 Å². The Balaban J connectivity index is 1.45. The summed E-state index contributed by atoms with van der Waals surface area (Å²) in [7, 11) is 0. The summed E-state index contributed by atoms with van der Waals surface area (Å²) in [6.07, 6.45) is 4.13. The molecule has 7 rings (SSSR count). The highest BCUT2D eigenvalue weighted by atomic mass is 15.0. The minimum Gasteiger partial charge on any atom is -0.309 e. The molecule has 0 spiro atoms. The van der Waals surface area contributed by atoms with Gasteiger partial charge < -0.3 is 8.97 Å². The van der Waals surface area contributed by atoms with Gasteiger partial charge in [0.05, 0.1) is 16.9 Å². The van der Waals surface area contributed by atoms with Gasteiger partial charge in [0.2, 0.25) is 0 Å². The Kier molecular flexibility index (Phi) is 3.61. The van der Waals surface area contributed by atoms with Crippen LogP contribution < -0.4 is 0 Å². The molecule has 3 aromatic heterocycles. The first-order chi connectivity index (χ1) is 16.1. The summed E-state index contributed by atoms with van der Waals surface area (Å²) in [5, 5.41) is 1.33. The molecule has 0 fully saturated rings. The first kappa shape index (κ1) is 18.5. The van der Waals surface area contributed by atoms with Crippen molar-refractivity contribution < 1.29 is 0 Å². The van der Waals surface area contributed by atoms with Crippen LogP contribution >= 0.6 is 0 Å². The van der Waals surface area contributed by atoms with Crippen molar-refractivity contribution in [3.05, 3.63) is 115 Å². The van der Waals surface area contributed by atoms with Gasteiger partial charge in [0, 0.05) is 40.0 Å². The molecular formula is C30H23N3. The molecule has 0 saturated carbocycles. The quantitative estimate of drug-likeness (QED) is 0.286. The van der Waals surface area contributed by atoms with Crippen LogP contribution in [0.3, 0.4) is 0 Å². The second-order valence-electron chi connectivity index (χ2n) is 9.39. The maximum Gasteiger partial charge on any atom is 0.137 e. The minimum absolute atomic E-state index is 0.0345. The Morgan fingerprint density at radius 1 is 0.758 bits per heavy atom. The normalized spacial score (nSPS) is 14.0. The second-order valence-corrected chi connectivity index (χ2v) is 9.39. The molecule has 0 atom stereocenters. The van der Waals surface area contributed by atoms with Crippen LogP contribution in [0.1, 0.15) is 25.0 Å². The predicted molar refractivity (Wildman–Crippen MR) is 135 cm³/mol. The molecule has 158 valence electrons. The van der Waals surface area contributed by atoms with E-state index in [0.29, 0.717) is 0 Å². The fraction of sp³-hybridized carbons (Fsp3) is 0.100. The van der Waals surface area contributed by atoms with Crippen LogP contribution in [0, 0.1) is 0 Å². The Bertz CT molecular complexity index is 1650. The average molecular weight is 426 g/mol. The van der Waals surface area contributed by atoms with Crippen molar-refractivity contribution in [2.75, 3.05) is 0 Å². The summed E-state index contributed by atoms with van der Waals surface area (Å²) < 4.78 is 4.50. The number of rotatable bonds is 2. The third-order valence-corrected chi connectivity index (χ3v) is 7.14. The lowest BCUT2D eigenvalue weighted by Gasteiger charge is -2.21. The van der Waals surface area contributed by atoms with Crippen molar-refractivity contribution in [2.45, 2.75) is 19.3 Å². The summed E-state index contributed by atoms with van der Waals surface area (Å²) in [5.41, 5.74) is 10.9. The van der Waals surface area contributed by atoms with Crippen LogP contribution in [-0.2, 0) is 5.41 Å². The van der Waals surface area contributed by atoms with E-state index >= 15 is 0 Å². The molecular weight excluding hydrogens is 402 g/mol. The third-order valence-electron chi connectivity index (χ3n) is 7.14. The van der Waals surface area contributed by atoms with Crippen LogP contribution in [-0.4, -0.2) is 14.0 Å². The van der Waals surface area contributed by atoms with Crippen molar-refractivity contribution in [1.82, 2.24) is 14.0 Å². The highest BCUT2D eigenvalue weighted by Crippen LogP contribution is 2.53. The molecule has 0 amide bonds. The van der Waals surface area contributed by atoms with E-state index in [-0.39, 0.29) is 5.41 Å². The molecule has 33 heavy (non-hydrogen) atoms. The summed E-state index contributed by atoms with van der Waals surface area (Å²) in [6, 6.07) is 32.5. The Hall–Kier alpha value is -4.11. The molecule has 0 N–H and O–H groups in total. The minimum atomic E-state index is -0.0345. The van der Waals surface area contributed by atoms with E-state index in [1.807, 2.05) is 24.4 Å². The number of nitrogens with zero attached hydrogens (tertiary/aromatic N) is 3. The van der Waals surface area contributed by atoms with Gasteiger partial charge in [-0.3, -0.25) is 0 Å². The van der Waals surface area contributed by atoms with Gasteiger partial charge in [-0.15, -0.1) is 0 Å². The van der Waals surface area contributed by atoms with E-state index in [1.165, 1.54) is 39.0 Å². The molecule has 0 unspecified atom stereocenters. The van der Waals surface area contributed by atoms with E-state index in [4.69, 9.17) is 4.98 Å². The molecule has 3 nitrogen and oxygen atoms in total. The zero-order chi connectivity index (χ0) is 22.2. The number of hydrogen-bond acceptors (Lipinski definition) is 1. The van der Waals surface area contributed by atoms with Crippen molar-refractivity contribution in [1.29, 1.82) is 0 Å². The first-order valence-electron chi connectivity index (χ1n) is 11.4. The van der Waals surface area contributed by atoms with Crippen LogP contribution in [0.25, 0.3) is 44.8 Å². The maximum absolute atomic E-state index is 4.79. The Morgan fingerprint density at radius 3 is 2.36 bits per heavy atom. The zero-order valence-corrected chi connectivity index (χ0v) is 18.7. The van der Waals surface area contributed by atoms with Gasteiger partial charge in [0.25, 0.3) is 0 Å². The summed E-state index contributed by atoms with van der Waals surface area (Å²) in [5.74, 6) is 0. The Morgan fingerprint density at radius 2 is 1.52 bits per heavy atom. The second kappa shape index (κ2) is 6.46. The molecule has 1 aliphatic rings. The fourth-order valence-corrected chi connectivity index (χ4v) is 5.62. The van der Waals surface area contributed by atoms with Gasteiger partial charge >= 0.3 is 0 Å². The van der Waals surface area contributed by atoms with E-state index in [2.05, 4.69) is 102 Å². The van der Waals surface area contributed by atoms with Gasteiger partial charge in [-0.2, -0.15) is 0 Å². The highest BCUT2D eigenvalue weighted by Gasteiger charge is 2.40. The highest BCUT2D eigenvalue weighted by molar-refractivity contribution is 5.99. The molecule has 3 heteroatoms. The van der Waals surface area contributed by atoms with Crippen LogP contribution in [0.2, 0.25) is 0 Å². The third kappa shape index (κ3) is 2.48. The van der Waals surface area contributed by atoms with E-state index < -0.39 is 0 Å². The van der Waals surface area contributed by atoms with Crippen molar-refractivity contribution >= 4 is 16.6 Å². The van der Waals surface area contributed by atoms with Crippen LogP contribution in [0.15, 0.2) is 103 Å². The number of para-hydroxylation sites is 1. The van der Waals surface area contributed by atoms with Gasteiger partial charge in [-0.05, 0) is 41.5 Å². The number of benzene rings is 3. The molecule has 3 aromatic carbocycles. The van der Waals surface area contributed by atoms with Crippen LogP contribution in [0.4, 0.5) is 0 Å². The molecule has 0 radical (unpaired) electrons. The SMILES string of the molecule is CC1(C)c2ccccc2-c2c1c1ccccc1n2-c1ccc(-c2cn3ccccc3n2)cc1. The van der Waals surface area contributed by atoms with Crippen molar-refractivity contribution in [3.8, 4) is 28.2 Å². The summed E-state index contributed by atoms with van der Waals surface area (Å²) >= 11 is 0. The predicted octanol–water partition coefficient (Wildman–Crippen LogP) is 7.25. The number of fused-ring (bicyclic) bond motifs is 6. The van der Waals surface area contributed by atoms with Gasteiger partial charge in [-0.25, -0.2) is 4.98 Å². The standard InChI is InChI=1S/C30H23N3/c1-30(2)24-11-5-3-9-22(24)29-28(30)23-10-4-6-12-26(23)33(29)21-16-14-20(15-17-21)25-19-32-18-8-7-13-27(32)31-25/h3-19H,1-2H3. The lowest BCUT2D eigenvalue weighted by Crippen LogP contribution is -2.14.